The molecule has 84 valence electrons. The molecule has 1 atom stereocenters. The fourth-order valence-electron chi connectivity index (χ4n) is 1.54. The summed E-state index contributed by atoms with van der Waals surface area (Å²) in [5, 5.41) is 7.72. The van der Waals surface area contributed by atoms with Crippen LogP contribution >= 0.6 is 0 Å². The van der Waals surface area contributed by atoms with Crippen molar-refractivity contribution in [3.05, 3.63) is 25.0 Å². The van der Waals surface area contributed by atoms with Crippen LogP contribution in [0.2, 0.25) is 0 Å². The Bertz CT molecular complexity index is 291. The highest BCUT2D eigenvalue weighted by molar-refractivity contribution is 5.39. The molecule has 1 unspecified atom stereocenters. The maximum atomic E-state index is 4.24. The van der Waals surface area contributed by atoms with Crippen molar-refractivity contribution in [2.24, 2.45) is 0 Å². The van der Waals surface area contributed by atoms with Crippen LogP contribution in [-0.2, 0) is 6.54 Å². The minimum absolute atomic E-state index is 0.525. The normalized spacial score (nSPS) is 12.4. The van der Waals surface area contributed by atoms with Gasteiger partial charge in [-0.25, -0.2) is 0 Å². The van der Waals surface area contributed by atoms with Crippen LogP contribution in [0.3, 0.4) is 0 Å². The van der Waals surface area contributed by atoms with E-state index in [-0.39, 0.29) is 0 Å². The number of hydrogen-bond donors (Lipinski definition) is 1. The number of rotatable bonds is 7. The second kappa shape index (κ2) is 6.27. The highest BCUT2D eigenvalue weighted by atomic mass is 15.3. The fraction of sp³-hybridized carbons (Fsp3) is 0.583. The molecule has 3 heteroatoms. The average molecular weight is 207 g/mol. The Balaban J connectivity index is 2.46. The molecule has 0 aromatic carbocycles. The molecule has 0 bridgehead atoms. The maximum Gasteiger partial charge on any atom is 0.0728 e. The molecular weight excluding hydrogens is 186 g/mol. The standard InChI is InChI=1S/C12H21N3/c1-4-7-8-11(5-2)14-12-9-13-15(6-3)10-12/h4,9-11,14H,1,5-8H2,2-3H3. The average Bonchev–Trinajstić information content (AvgIpc) is 2.71. The smallest absolute Gasteiger partial charge is 0.0728 e. The molecule has 0 spiro atoms. The Hall–Kier alpha value is -1.25. The van der Waals surface area contributed by atoms with Gasteiger partial charge in [0.1, 0.15) is 0 Å². The molecule has 0 amide bonds. The molecule has 0 radical (unpaired) electrons. The van der Waals surface area contributed by atoms with Gasteiger partial charge in [0.25, 0.3) is 0 Å². The lowest BCUT2D eigenvalue weighted by Gasteiger charge is -2.15. The molecular formula is C12H21N3. The molecule has 0 aliphatic carbocycles. The van der Waals surface area contributed by atoms with E-state index in [1.165, 1.54) is 0 Å². The first-order chi connectivity index (χ1) is 7.30. The zero-order valence-electron chi connectivity index (χ0n) is 9.74. The van der Waals surface area contributed by atoms with Crippen LogP contribution in [-0.4, -0.2) is 15.8 Å². The van der Waals surface area contributed by atoms with Crippen molar-refractivity contribution in [2.75, 3.05) is 5.32 Å². The highest BCUT2D eigenvalue weighted by Crippen LogP contribution is 2.12. The molecule has 0 saturated heterocycles. The van der Waals surface area contributed by atoms with Crippen molar-refractivity contribution < 1.29 is 0 Å². The molecule has 0 aliphatic heterocycles. The van der Waals surface area contributed by atoms with Crippen LogP contribution in [0.4, 0.5) is 5.69 Å². The predicted octanol–water partition coefficient (Wildman–Crippen LogP) is 3.06. The summed E-state index contributed by atoms with van der Waals surface area (Å²) >= 11 is 0. The van der Waals surface area contributed by atoms with Gasteiger partial charge in [-0.2, -0.15) is 5.10 Å². The van der Waals surface area contributed by atoms with E-state index in [2.05, 4.69) is 37.0 Å². The van der Waals surface area contributed by atoms with Crippen molar-refractivity contribution in [2.45, 2.75) is 45.7 Å². The first-order valence-corrected chi connectivity index (χ1v) is 5.70. The van der Waals surface area contributed by atoms with E-state index in [1.807, 2.05) is 17.0 Å². The summed E-state index contributed by atoms with van der Waals surface area (Å²) in [5.41, 5.74) is 1.12. The largest absolute Gasteiger partial charge is 0.380 e. The molecule has 1 aromatic rings. The minimum Gasteiger partial charge on any atom is -0.380 e. The lowest BCUT2D eigenvalue weighted by atomic mass is 10.1. The first-order valence-electron chi connectivity index (χ1n) is 5.70. The second-order valence-electron chi connectivity index (χ2n) is 3.70. The van der Waals surface area contributed by atoms with Crippen LogP contribution in [0, 0.1) is 0 Å². The molecule has 1 aromatic heterocycles. The van der Waals surface area contributed by atoms with Crippen molar-refractivity contribution in [1.82, 2.24) is 9.78 Å². The van der Waals surface area contributed by atoms with E-state index in [0.717, 1.165) is 31.5 Å². The van der Waals surface area contributed by atoms with Gasteiger partial charge >= 0.3 is 0 Å². The number of anilines is 1. The Morgan fingerprint density at radius 2 is 2.40 bits per heavy atom. The number of allylic oxidation sites excluding steroid dienone is 1. The Kier molecular flexibility index (Phi) is 4.95. The first kappa shape index (κ1) is 11.8. The van der Waals surface area contributed by atoms with Crippen molar-refractivity contribution >= 4 is 5.69 Å². The summed E-state index contributed by atoms with van der Waals surface area (Å²) < 4.78 is 1.93. The molecule has 0 aliphatic rings. The Labute approximate surface area is 92.2 Å². The van der Waals surface area contributed by atoms with Crippen molar-refractivity contribution in [1.29, 1.82) is 0 Å². The lowest BCUT2D eigenvalue weighted by molar-refractivity contribution is 0.640. The van der Waals surface area contributed by atoms with Gasteiger partial charge in [-0.15, -0.1) is 6.58 Å². The van der Waals surface area contributed by atoms with Gasteiger partial charge in [0.05, 0.1) is 11.9 Å². The molecule has 1 N–H and O–H groups in total. The van der Waals surface area contributed by atoms with Crippen LogP contribution in [0.5, 0.6) is 0 Å². The molecule has 0 fully saturated rings. The topological polar surface area (TPSA) is 29.9 Å². The number of hydrogen-bond acceptors (Lipinski definition) is 2. The lowest BCUT2D eigenvalue weighted by Crippen LogP contribution is -2.17. The Morgan fingerprint density at radius 1 is 1.60 bits per heavy atom. The number of aryl methyl sites for hydroxylation is 1. The van der Waals surface area contributed by atoms with Crippen LogP contribution in [0.25, 0.3) is 0 Å². The SMILES string of the molecule is C=CCCC(CC)Nc1cnn(CC)c1. The maximum absolute atomic E-state index is 4.24. The zero-order valence-corrected chi connectivity index (χ0v) is 9.74. The quantitative estimate of drug-likeness (QED) is 0.696. The predicted molar refractivity (Wildman–Crippen MR) is 65.0 cm³/mol. The Morgan fingerprint density at radius 3 is 2.93 bits per heavy atom. The van der Waals surface area contributed by atoms with Gasteiger partial charge in [-0.05, 0) is 26.2 Å². The summed E-state index contributed by atoms with van der Waals surface area (Å²) in [5.74, 6) is 0. The van der Waals surface area contributed by atoms with Gasteiger partial charge in [-0.3, -0.25) is 4.68 Å². The molecule has 1 heterocycles. The van der Waals surface area contributed by atoms with Gasteiger partial charge in [0, 0.05) is 18.8 Å². The van der Waals surface area contributed by atoms with E-state index in [4.69, 9.17) is 0 Å². The number of nitrogens with one attached hydrogen (secondary N) is 1. The third kappa shape index (κ3) is 3.78. The van der Waals surface area contributed by atoms with Crippen molar-refractivity contribution in [3.8, 4) is 0 Å². The summed E-state index contributed by atoms with van der Waals surface area (Å²) in [4.78, 5) is 0. The highest BCUT2D eigenvalue weighted by Gasteiger charge is 2.05. The second-order valence-corrected chi connectivity index (χ2v) is 3.70. The van der Waals surface area contributed by atoms with E-state index in [0.29, 0.717) is 6.04 Å². The van der Waals surface area contributed by atoms with E-state index >= 15 is 0 Å². The van der Waals surface area contributed by atoms with Crippen LogP contribution in [0.15, 0.2) is 25.0 Å². The molecule has 0 saturated carbocycles. The van der Waals surface area contributed by atoms with Gasteiger partial charge in [0.2, 0.25) is 0 Å². The van der Waals surface area contributed by atoms with Crippen LogP contribution in [0.1, 0.15) is 33.1 Å². The van der Waals surface area contributed by atoms with E-state index < -0.39 is 0 Å². The number of nitrogens with zero attached hydrogens (tertiary/aromatic N) is 2. The molecule has 1 rings (SSSR count). The van der Waals surface area contributed by atoms with Gasteiger partial charge < -0.3 is 5.32 Å². The van der Waals surface area contributed by atoms with Crippen LogP contribution < -0.4 is 5.32 Å². The van der Waals surface area contributed by atoms with Gasteiger partial charge in [0.15, 0.2) is 0 Å². The fourth-order valence-corrected chi connectivity index (χ4v) is 1.54. The zero-order chi connectivity index (χ0) is 11.1. The third-order valence-electron chi connectivity index (χ3n) is 2.54. The summed E-state index contributed by atoms with van der Waals surface area (Å²) in [6.45, 7) is 8.96. The summed E-state index contributed by atoms with van der Waals surface area (Å²) in [7, 11) is 0. The molecule has 3 nitrogen and oxygen atoms in total. The van der Waals surface area contributed by atoms with Crippen molar-refractivity contribution in [3.63, 3.8) is 0 Å². The van der Waals surface area contributed by atoms with E-state index in [1.54, 1.807) is 0 Å². The summed E-state index contributed by atoms with van der Waals surface area (Å²) in [6.07, 6.45) is 9.24. The van der Waals surface area contributed by atoms with E-state index in [9.17, 15) is 0 Å². The number of aromatic nitrogens is 2. The minimum atomic E-state index is 0.525. The molecule has 15 heavy (non-hydrogen) atoms. The monoisotopic (exact) mass is 207 g/mol. The van der Waals surface area contributed by atoms with Gasteiger partial charge in [-0.1, -0.05) is 13.0 Å². The third-order valence-corrected chi connectivity index (χ3v) is 2.54. The summed E-state index contributed by atoms with van der Waals surface area (Å²) in [6, 6.07) is 0.525.